The third-order valence-electron chi connectivity index (χ3n) is 4.39. The van der Waals surface area contributed by atoms with Gasteiger partial charge in [0, 0.05) is 11.8 Å². The molecule has 0 radical (unpaired) electrons. The molecule has 3 rings (SSSR count). The Balaban J connectivity index is 1.69. The number of ether oxygens (including phenoxy) is 1. The standard InChI is InChI=1S/C23H23N3O3/c1-16(17-9-4-3-5-10-17)24-22(27)20-13-6-7-14-21(20)26-23(28)25-18-11-8-12-19(15-18)29-2/h3-16H,1-2H3,(H,24,27)(H2,25,26,28)/t16-/m1/s1. The van der Waals surface area contributed by atoms with E-state index in [9.17, 15) is 9.59 Å². The van der Waals surface area contributed by atoms with Crippen molar-refractivity contribution in [3.63, 3.8) is 0 Å². The Bertz CT molecular complexity index is 989. The number of nitrogens with one attached hydrogen (secondary N) is 3. The molecule has 0 fully saturated rings. The van der Waals surface area contributed by atoms with Gasteiger partial charge >= 0.3 is 6.03 Å². The number of amides is 3. The molecule has 0 saturated heterocycles. The Kier molecular flexibility index (Phi) is 6.47. The van der Waals surface area contributed by atoms with E-state index in [4.69, 9.17) is 4.74 Å². The molecule has 3 amide bonds. The first-order valence-corrected chi connectivity index (χ1v) is 9.23. The number of carbonyl (C=O) groups is 2. The lowest BCUT2D eigenvalue weighted by Gasteiger charge is -2.16. The zero-order valence-electron chi connectivity index (χ0n) is 16.3. The van der Waals surface area contributed by atoms with Gasteiger partial charge < -0.3 is 20.7 Å². The average Bonchev–Trinajstić information content (AvgIpc) is 2.74. The molecule has 0 saturated carbocycles. The maximum atomic E-state index is 12.8. The van der Waals surface area contributed by atoms with E-state index in [0.717, 1.165) is 5.56 Å². The Morgan fingerprint density at radius 3 is 2.34 bits per heavy atom. The van der Waals surface area contributed by atoms with Crippen LogP contribution < -0.4 is 20.7 Å². The quantitative estimate of drug-likeness (QED) is 0.565. The molecule has 0 heterocycles. The molecule has 0 aliphatic rings. The van der Waals surface area contributed by atoms with E-state index >= 15 is 0 Å². The molecule has 3 aromatic carbocycles. The van der Waals surface area contributed by atoms with Crippen molar-refractivity contribution >= 4 is 23.3 Å². The Morgan fingerprint density at radius 1 is 0.862 bits per heavy atom. The van der Waals surface area contributed by atoms with E-state index in [1.807, 2.05) is 37.3 Å². The first kappa shape index (κ1) is 19.9. The fraction of sp³-hybridized carbons (Fsp3) is 0.130. The van der Waals surface area contributed by atoms with Gasteiger partial charge in [0.15, 0.2) is 0 Å². The zero-order valence-corrected chi connectivity index (χ0v) is 16.3. The van der Waals surface area contributed by atoms with Crippen molar-refractivity contribution < 1.29 is 14.3 Å². The van der Waals surface area contributed by atoms with Gasteiger partial charge in [0.05, 0.1) is 24.4 Å². The molecule has 0 aliphatic carbocycles. The SMILES string of the molecule is COc1cccc(NC(=O)Nc2ccccc2C(=O)N[C@H](C)c2ccccc2)c1. The van der Waals surface area contributed by atoms with E-state index in [1.54, 1.807) is 55.6 Å². The van der Waals surface area contributed by atoms with Crippen LogP contribution in [0.5, 0.6) is 5.75 Å². The number of hydrogen-bond donors (Lipinski definition) is 3. The second-order valence-corrected chi connectivity index (χ2v) is 6.46. The van der Waals surface area contributed by atoms with E-state index in [2.05, 4.69) is 16.0 Å². The highest BCUT2D eigenvalue weighted by atomic mass is 16.5. The third kappa shape index (κ3) is 5.35. The molecule has 29 heavy (non-hydrogen) atoms. The molecular weight excluding hydrogens is 366 g/mol. The van der Waals surface area contributed by atoms with Crippen LogP contribution in [0.3, 0.4) is 0 Å². The van der Waals surface area contributed by atoms with Gasteiger partial charge in [0.2, 0.25) is 0 Å². The van der Waals surface area contributed by atoms with Crippen molar-refractivity contribution in [1.29, 1.82) is 0 Å². The second kappa shape index (κ2) is 9.41. The minimum Gasteiger partial charge on any atom is -0.497 e. The number of hydrogen-bond acceptors (Lipinski definition) is 3. The van der Waals surface area contributed by atoms with Gasteiger partial charge in [-0.3, -0.25) is 4.79 Å². The smallest absolute Gasteiger partial charge is 0.323 e. The van der Waals surface area contributed by atoms with Gasteiger partial charge in [-0.2, -0.15) is 0 Å². The molecule has 0 aromatic heterocycles. The van der Waals surface area contributed by atoms with Crippen LogP contribution in [0.25, 0.3) is 0 Å². The number of urea groups is 1. The molecule has 6 nitrogen and oxygen atoms in total. The molecule has 6 heteroatoms. The Labute approximate surface area is 169 Å². The molecule has 0 bridgehead atoms. The summed E-state index contributed by atoms with van der Waals surface area (Å²) in [5.41, 5.74) is 2.39. The number of carbonyl (C=O) groups excluding carboxylic acids is 2. The first-order valence-electron chi connectivity index (χ1n) is 9.23. The van der Waals surface area contributed by atoms with Gasteiger partial charge in [0.1, 0.15) is 5.75 Å². The number of anilines is 2. The van der Waals surface area contributed by atoms with Crippen molar-refractivity contribution in [2.45, 2.75) is 13.0 Å². The lowest BCUT2D eigenvalue weighted by atomic mass is 10.1. The van der Waals surface area contributed by atoms with E-state index in [1.165, 1.54) is 0 Å². The fourth-order valence-corrected chi connectivity index (χ4v) is 2.88. The van der Waals surface area contributed by atoms with Crippen LogP contribution in [0.2, 0.25) is 0 Å². The number of para-hydroxylation sites is 1. The summed E-state index contributed by atoms with van der Waals surface area (Å²) >= 11 is 0. The lowest BCUT2D eigenvalue weighted by molar-refractivity contribution is 0.0941. The van der Waals surface area contributed by atoms with Gasteiger partial charge in [0.25, 0.3) is 5.91 Å². The van der Waals surface area contributed by atoms with Crippen LogP contribution in [0.4, 0.5) is 16.2 Å². The maximum Gasteiger partial charge on any atom is 0.323 e. The van der Waals surface area contributed by atoms with E-state index in [0.29, 0.717) is 22.7 Å². The number of methoxy groups -OCH3 is 1. The summed E-state index contributed by atoms with van der Waals surface area (Å²) in [6.45, 7) is 1.92. The molecule has 0 unspecified atom stereocenters. The van der Waals surface area contributed by atoms with Crippen molar-refractivity contribution in [1.82, 2.24) is 5.32 Å². The van der Waals surface area contributed by atoms with Crippen molar-refractivity contribution in [3.8, 4) is 5.75 Å². The van der Waals surface area contributed by atoms with Crippen LogP contribution in [-0.4, -0.2) is 19.0 Å². The van der Waals surface area contributed by atoms with Gasteiger partial charge in [-0.05, 0) is 36.8 Å². The van der Waals surface area contributed by atoms with Gasteiger partial charge in [-0.15, -0.1) is 0 Å². The van der Waals surface area contributed by atoms with Crippen molar-refractivity contribution in [2.75, 3.05) is 17.7 Å². The fourth-order valence-electron chi connectivity index (χ4n) is 2.88. The van der Waals surface area contributed by atoms with Crippen LogP contribution in [-0.2, 0) is 0 Å². The van der Waals surface area contributed by atoms with Gasteiger partial charge in [-0.25, -0.2) is 4.79 Å². The summed E-state index contributed by atoms with van der Waals surface area (Å²) in [5.74, 6) is 0.371. The normalized spacial score (nSPS) is 11.2. The highest BCUT2D eigenvalue weighted by Gasteiger charge is 2.16. The van der Waals surface area contributed by atoms with E-state index in [-0.39, 0.29) is 11.9 Å². The number of benzene rings is 3. The van der Waals surface area contributed by atoms with E-state index < -0.39 is 6.03 Å². The molecule has 1 atom stereocenters. The molecule has 3 N–H and O–H groups in total. The molecule has 0 aliphatic heterocycles. The summed E-state index contributed by atoms with van der Waals surface area (Å²) < 4.78 is 5.15. The summed E-state index contributed by atoms with van der Waals surface area (Å²) in [4.78, 5) is 25.2. The minimum absolute atomic E-state index is 0.164. The third-order valence-corrected chi connectivity index (χ3v) is 4.39. The lowest BCUT2D eigenvalue weighted by Crippen LogP contribution is -2.28. The summed E-state index contributed by atoms with van der Waals surface area (Å²) in [5, 5.41) is 8.44. The average molecular weight is 389 g/mol. The largest absolute Gasteiger partial charge is 0.497 e. The van der Waals surface area contributed by atoms with Crippen LogP contribution in [0.1, 0.15) is 28.9 Å². The predicted molar refractivity (Wildman–Crippen MR) is 114 cm³/mol. The summed E-state index contributed by atoms with van der Waals surface area (Å²) in [6.07, 6.45) is 0. The summed E-state index contributed by atoms with van der Waals surface area (Å²) in [6, 6.07) is 23.0. The first-order chi connectivity index (χ1) is 14.1. The van der Waals surface area contributed by atoms with Crippen molar-refractivity contribution in [2.24, 2.45) is 0 Å². The maximum absolute atomic E-state index is 12.8. The Hall–Kier alpha value is -3.80. The van der Waals surface area contributed by atoms with Crippen molar-refractivity contribution in [3.05, 3.63) is 90.0 Å². The molecule has 148 valence electrons. The highest BCUT2D eigenvalue weighted by Crippen LogP contribution is 2.20. The predicted octanol–water partition coefficient (Wildman–Crippen LogP) is 4.83. The van der Waals surface area contributed by atoms with Crippen LogP contribution in [0.15, 0.2) is 78.9 Å². The minimum atomic E-state index is -0.449. The zero-order chi connectivity index (χ0) is 20.6. The highest BCUT2D eigenvalue weighted by molar-refractivity contribution is 6.06. The Morgan fingerprint density at radius 2 is 1.59 bits per heavy atom. The van der Waals surface area contributed by atoms with Crippen LogP contribution >= 0.6 is 0 Å². The second-order valence-electron chi connectivity index (χ2n) is 6.46. The summed E-state index contributed by atoms with van der Waals surface area (Å²) in [7, 11) is 1.56. The molecule has 3 aromatic rings. The molecule has 0 spiro atoms. The molecular formula is C23H23N3O3. The van der Waals surface area contributed by atoms with Gasteiger partial charge in [-0.1, -0.05) is 48.5 Å². The topological polar surface area (TPSA) is 79.5 Å². The monoisotopic (exact) mass is 389 g/mol. The van der Waals surface area contributed by atoms with Crippen LogP contribution in [0, 0.1) is 0 Å². The number of rotatable bonds is 6.